The van der Waals surface area contributed by atoms with Gasteiger partial charge >= 0.3 is 0 Å². The molecule has 2 rings (SSSR count). The molecule has 0 aliphatic heterocycles. The summed E-state index contributed by atoms with van der Waals surface area (Å²) in [6, 6.07) is 13.4. The van der Waals surface area contributed by atoms with Crippen LogP contribution in [0.25, 0.3) is 0 Å². The highest BCUT2D eigenvalue weighted by Crippen LogP contribution is 2.32. The highest BCUT2D eigenvalue weighted by Gasteiger charge is 2.12. The molecule has 0 heterocycles. The maximum absolute atomic E-state index is 9.32. The van der Waals surface area contributed by atoms with E-state index < -0.39 is 0 Å². The zero-order valence-electron chi connectivity index (χ0n) is 14.1. The van der Waals surface area contributed by atoms with Crippen molar-refractivity contribution in [3.8, 4) is 11.5 Å². The minimum Gasteiger partial charge on any atom is -0.493 e. The highest BCUT2D eigenvalue weighted by atomic mass is 35.5. The summed E-state index contributed by atoms with van der Waals surface area (Å²) in [5.41, 5.74) is 2.03. The first-order chi connectivity index (χ1) is 11.7. The Bertz CT molecular complexity index is 627. The SMILES string of the molecule is CCC(CO)NCc1cccc(OC)c1OCc1ccc(Cl)cc1. The van der Waals surface area contributed by atoms with E-state index >= 15 is 0 Å². The van der Waals surface area contributed by atoms with E-state index in [9.17, 15) is 5.11 Å². The summed E-state index contributed by atoms with van der Waals surface area (Å²) in [6.07, 6.45) is 0.863. The van der Waals surface area contributed by atoms with Gasteiger partial charge in [0.2, 0.25) is 0 Å². The van der Waals surface area contributed by atoms with E-state index in [2.05, 4.69) is 5.32 Å². The maximum atomic E-state index is 9.32. The third-order valence-corrected chi connectivity index (χ3v) is 4.12. The Balaban J connectivity index is 2.12. The van der Waals surface area contributed by atoms with Crippen molar-refractivity contribution in [2.24, 2.45) is 0 Å². The van der Waals surface area contributed by atoms with Crippen LogP contribution < -0.4 is 14.8 Å². The van der Waals surface area contributed by atoms with Crippen LogP contribution in [0.3, 0.4) is 0 Å². The third-order valence-electron chi connectivity index (χ3n) is 3.87. The van der Waals surface area contributed by atoms with E-state index in [-0.39, 0.29) is 12.6 Å². The molecule has 0 aromatic heterocycles. The molecule has 1 unspecified atom stereocenters. The lowest BCUT2D eigenvalue weighted by atomic mass is 10.1. The number of hydrogen-bond donors (Lipinski definition) is 2. The van der Waals surface area contributed by atoms with Gasteiger partial charge in [0, 0.05) is 23.2 Å². The van der Waals surface area contributed by atoms with Crippen LogP contribution in [0.1, 0.15) is 24.5 Å². The molecule has 0 fully saturated rings. The number of halogens is 1. The fourth-order valence-electron chi connectivity index (χ4n) is 2.35. The number of rotatable bonds is 9. The molecule has 2 N–H and O–H groups in total. The van der Waals surface area contributed by atoms with Gasteiger partial charge in [0.25, 0.3) is 0 Å². The summed E-state index contributed by atoms with van der Waals surface area (Å²) in [7, 11) is 1.63. The van der Waals surface area contributed by atoms with Gasteiger partial charge in [-0.1, -0.05) is 42.8 Å². The molecule has 0 aliphatic carbocycles. The van der Waals surface area contributed by atoms with Crippen LogP contribution in [-0.4, -0.2) is 24.9 Å². The summed E-state index contributed by atoms with van der Waals surface area (Å²) in [5, 5.41) is 13.4. The molecule has 0 saturated carbocycles. The molecule has 0 bridgehead atoms. The molecule has 0 amide bonds. The molecule has 0 saturated heterocycles. The molecule has 2 aromatic rings. The Morgan fingerprint density at radius 1 is 1.17 bits per heavy atom. The number of benzene rings is 2. The average molecular weight is 350 g/mol. The predicted octanol–water partition coefficient (Wildman–Crippen LogP) is 3.79. The van der Waals surface area contributed by atoms with E-state index in [0.717, 1.165) is 23.3 Å². The molecule has 24 heavy (non-hydrogen) atoms. The lowest BCUT2D eigenvalue weighted by Gasteiger charge is -2.18. The van der Waals surface area contributed by atoms with Gasteiger partial charge in [0.1, 0.15) is 6.61 Å². The second kappa shape index (κ2) is 9.52. The number of ether oxygens (including phenoxy) is 2. The standard InChI is InChI=1S/C19H24ClNO3/c1-3-17(12-22)21-11-15-5-4-6-18(23-2)19(15)24-13-14-7-9-16(20)10-8-14/h4-10,17,21-22H,3,11-13H2,1-2H3. The van der Waals surface area contributed by atoms with Crippen LogP contribution in [0.15, 0.2) is 42.5 Å². The minimum absolute atomic E-state index is 0.0697. The van der Waals surface area contributed by atoms with Gasteiger partial charge < -0.3 is 19.9 Å². The van der Waals surface area contributed by atoms with Crippen LogP contribution >= 0.6 is 11.6 Å². The average Bonchev–Trinajstić information content (AvgIpc) is 2.62. The summed E-state index contributed by atoms with van der Waals surface area (Å²) in [6.45, 7) is 3.19. The van der Waals surface area contributed by atoms with Crippen molar-refractivity contribution >= 4 is 11.6 Å². The Morgan fingerprint density at radius 3 is 2.54 bits per heavy atom. The molecule has 1 atom stereocenters. The van der Waals surface area contributed by atoms with E-state index in [4.69, 9.17) is 21.1 Å². The molecule has 4 nitrogen and oxygen atoms in total. The zero-order chi connectivity index (χ0) is 17.4. The first-order valence-corrected chi connectivity index (χ1v) is 8.43. The lowest BCUT2D eigenvalue weighted by molar-refractivity contribution is 0.236. The number of hydrogen-bond acceptors (Lipinski definition) is 4. The number of para-hydroxylation sites is 1. The molecular formula is C19H24ClNO3. The number of aliphatic hydroxyl groups is 1. The Kier molecular flexibility index (Phi) is 7.37. The molecule has 130 valence electrons. The van der Waals surface area contributed by atoms with E-state index in [1.807, 2.05) is 49.4 Å². The van der Waals surface area contributed by atoms with Crippen LogP contribution in [0.5, 0.6) is 11.5 Å². The summed E-state index contributed by atoms with van der Waals surface area (Å²) in [5.74, 6) is 1.41. The van der Waals surface area contributed by atoms with Gasteiger partial charge in [-0.2, -0.15) is 0 Å². The maximum Gasteiger partial charge on any atom is 0.166 e. The predicted molar refractivity (Wildman–Crippen MR) is 96.8 cm³/mol. The number of methoxy groups -OCH3 is 1. The minimum atomic E-state index is 0.0697. The summed E-state index contributed by atoms with van der Waals surface area (Å²) in [4.78, 5) is 0. The lowest BCUT2D eigenvalue weighted by Crippen LogP contribution is -2.31. The van der Waals surface area contributed by atoms with Crippen molar-refractivity contribution in [1.82, 2.24) is 5.32 Å². The van der Waals surface area contributed by atoms with Crippen molar-refractivity contribution in [2.45, 2.75) is 32.5 Å². The van der Waals surface area contributed by atoms with Crippen molar-refractivity contribution in [2.75, 3.05) is 13.7 Å². The van der Waals surface area contributed by atoms with Gasteiger partial charge in [-0.25, -0.2) is 0 Å². The van der Waals surface area contributed by atoms with Crippen molar-refractivity contribution in [3.63, 3.8) is 0 Å². The second-order valence-electron chi connectivity index (χ2n) is 5.53. The van der Waals surface area contributed by atoms with Gasteiger partial charge in [-0.05, 0) is 30.2 Å². The smallest absolute Gasteiger partial charge is 0.166 e. The molecule has 0 radical (unpaired) electrons. The molecule has 0 aliphatic rings. The van der Waals surface area contributed by atoms with Crippen molar-refractivity contribution in [1.29, 1.82) is 0 Å². The Morgan fingerprint density at radius 2 is 1.92 bits per heavy atom. The van der Waals surface area contributed by atoms with Gasteiger partial charge in [0.05, 0.1) is 13.7 Å². The number of nitrogens with one attached hydrogen (secondary N) is 1. The first kappa shape index (κ1) is 18.6. The second-order valence-corrected chi connectivity index (χ2v) is 5.97. The number of aliphatic hydroxyl groups excluding tert-OH is 1. The topological polar surface area (TPSA) is 50.7 Å². The Labute approximate surface area is 148 Å². The van der Waals surface area contributed by atoms with E-state index in [0.29, 0.717) is 23.9 Å². The normalized spacial score (nSPS) is 12.0. The third kappa shape index (κ3) is 5.13. The first-order valence-electron chi connectivity index (χ1n) is 8.05. The van der Waals surface area contributed by atoms with Crippen LogP contribution in [0.2, 0.25) is 5.02 Å². The van der Waals surface area contributed by atoms with Gasteiger partial charge in [0.15, 0.2) is 11.5 Å². The van der Waals surface area contributed by atoms with Crippen molar-refractivity contribution < 1.29 is 14.6 Å². The van der Waals surface area contributed by atoms with Crippen LogP contribution in [0, 0.1) is 0 Å². The quantitative estimate of drug-likeness (QED) is 0.723. The van der Waals surface area contributed by atoms with Crippen LogP contribution in [0.4, 0.5) is 0 Å². The molecule has 0 spiro atoms. The molecule has 2 aromatic carbocycles. The Hall–Kier alpha value is -1.75. The fraction of sp³-hybridized carbons (Fsp3) is 0.368. The molecular weight excluding hydrogens is 326 g/mol. The van der Waals surface area contributed by atoms with E-state index in [1.54, 1.807) is 7.11 Å². The monoisotopic (exact) mass is 349 g/mol. The van der Waals surface area contributed by atoms with E-state index in [1.165, 1.54) is 0 Å². The van der Waals surface area contributed by atoms with Crippen molar-refractivity contribution in [3.05, 3.63) is 58.6 Å². The highest BCUT2D eigenvalue weighted by molar-refractivity contribution is 6.30. The zero-order valence-corrected chi connectivity index (χ0v) is 14.8. The largest absolute Gasteiger partial charge is 0.493 e. The summed E-state index contributed by atoms with van der Waals surface area (Å²) < 4.78 is 11.4. The van der Waals surface area contributed by atoms with Crippen LogP contribution in [-0.2, 0) is 13.2 Å². The van der Waals surface area contributed by atoms with Gasteiger partial charge in [-0.15, -0.1) is 0 Å². The fourth-order valence-corrected chi connectivity index (χ4v) is 2.48. The summed E-state index contributed by atoms with van der Waals surface area (Å²) >= 11 is 5.91. The molecule has 5 heteroatoms. The van der Waals surface area contributed by atoms with Gasteiger partial charge in [-0.3, -0.25) is 0 Å².